The summed E-state index contributed by atoms with van der Waals surface area (Å²) in [6.45, 7) is -0.898. The van der Waals surface area contributed by atoms with E-state index in [4.69, 9.17) is 21.1 Å². The Morgan fingerprint density at radius 3 is 2.88 bits per heavy atom. The van der Waals surface area contributed by atoms with Crippen molar-refractivity contribution in [1.82, 2.24) is 19.4 Å². The van der Waals surface area contributed by atoms with Crippen molar-refractivity contribution in [1.29, 1.82) is 0 Å². The van der Waals surface area contributed by atoms with Crippen molar-refractivity contribution in [2.75, 3.05) is 25.1 Å². The normalized spacial score (nSPS) is 11.5. The Morgan fingerprint density at radius 1 is 1.35 bits per heavy atom. The van der Waals surface area contributed by atoms with Crippen molar-refractivity contribution in [2.45, 2.75) is 5.03 Å². The highest BCUT2D eigenvalue weighted by Crippen LogP contribution is 2.25. The number of sulfonamides is 1. The number of ether oxygens (including phenoxy) is 2. The Labute approximate surface area is 152 Å². The van der Waals surface area contributed by atoms with Gasteiger partial charge >= 0.3 is 0 Å². The van der Waals surface area contributed by atoms with Crippen LogP contribution in [0, 0.1) is 0 Å². The number of hydrogen-bond donors (Lipinski definition) is 1. The van der Waals surface area contributed by atoms with Crippen LogP contribution in [0.2, 0.25) is 5.02 Å². The molecule has 0 radical (unpaired) electrons. The number of hydrogen-bond acceptors (Lipinski definition) is 7. The van der Waals surface area contributed by atoms with Crippen molar-refractivity contribution in [2.24, 2.45) is 0 Å². The first-order chi connectivity index (χ1) is 12.4. The molecule has 0 unspecified atom stereocenters. The van der Waals surface area contributed by atoms with E-state index < -0.39 is 16.7 Å². The number of nitrogens with zero attached hydrogens (tertiary/aromatic N) is 4. The van der Waals surface area contributed by atoms with E-state index in [1.807, 2.05) is 0 Å². The van der Waals surface area contributed by atoms with Crippen LogP contribution in [-0.2, 0) is 10.0 Å². The number of fused-ring (bicyclic) bond motifs is 1. The molecule has 138 valence electrons. The molecule has 0 amide bonds. The first-order valence-electron chi connectivity index (χ1n) is 7.20. The Bertz CT molecular complexity index is 1040. The van der Waals surface area contributed by atoms with Gasteiger partial charge in [-0.05, 0) is 6.07 Å². The lowest BCUT2D eigenvalue weighted by atomic mass is 10.5. The number of aromatic nitrogens is 4. The molecule has 26 heavy (non-hydrogen) atoms. The van der Waals surface area contributed by atoms with Gasteiger partial charge in [0.05, 0.1) is 19.5 Å². The molecule has 3 heterocycles. The van der Waals surface area contributed by atoms with Crippen LogP contribution >= 0.6 is 11.6 Å². The van der Waals surface area contributed by atoms with Crippen LogP contribution in [0.4, 0.5) is 10.3 Å². The zero-order chi connectivity index (χ0) is 18.7. The molecular formula is C14H13ClFN5O4S. The van der Waals surface area contributed by atoms with Crippen molar-refractivity contribution < 1.29 is 22.3 Å². The van der Waals surface area contributed by atoms with Crippen LogP contribution in [0.3, 0.4) is 0 Å². The van der Waals surface area contributed by atoms with E-state index >= 15 is 0 Å². The Kier molecular flexibility index (Phi) is 5.09. The van der Waals surface area contributed by atoms with Crippen LogP contribution in [0.15, 0.2) is 35.7 Å². The minimum absolute atomic E-state index is 0.0314. The van der Waals surface area contributed by atoms with Crippen LogP contribution in [-0.4, -0.2) is 48.2 Å². The molecule has 0 fully saturated rings. The number of anilines is 1. The number of rotatable bonds is 7. The highest BCUT2D eigenvalue weighted by atomic mass is 35.5. The summed E-state index contributed by atoms with van der Waals surface area (Å²) in [5.41, 5.74) is 0.367. The number of halogens is 2. The van der Waals surface area contributed by atoms with Gasteiger partial charge in [0.25, 0.3) is 15.9 Å². The smallest absolute Gasteiger partial charge is 0.281 e. The lowest BCUT2D eigenvalue weighted by molar-refractivity contribution is 0.256. The van der Waals surface area contributed by atoms with E-state index in [9.17, 15) is 12.8 Å². The molecule has 0 spiro atoms. The quantitative estimate of drug-likeness (QED) is 0.644. The molecule has 3 aromatic heterocycles. The number of alkyl halides is 1. The van der Waals surface area contributed by atoms with Gasteiger partial charge in [-0.2, -0.15) is 13.4 Å². The largest absolute Gasteiger partial charge is 0.484 e. The molecule has 0 aliphatic carbocycles. The predicted octanol–water partition coefficient (Wildman–Crippen LogP) is 1.94. The van der Waals surface area contributed by atoms with Crippen LogP contribution in [0.25, 0.3) is 5.65 Å². The van der Waals surface area contributed by atoms with Gasteiger partial charge in [0.1, 0.15) is 18.9 Å². The maximum Gasteiger partial charge on any atom is 0.281 e. The van der Waals surface area contributed by atoms with Gasteiger partial charge in [0.15, 0.2) is 10.8 Å². The molecule has 0 saturated carbocycles. The summed E-state index contributed by atoms with van der Waals surface area (Å²) in [5.74, 6) is -0.174. The third-order valence-electron chi connectivity index (χ3n) is 3.19. The van der Waals surface area contributed by atoms with E-state index in [0.29, 0.717) is 10.7 Å². The topological polar surface area (TPSA) is 108 Å². The molecule has 0 aliphatic heterocycles. The second-order valence-electron chi connectivity index (χ2n) is 4.88. The lowest BCUT2D eigenvalue weighted by Gasteiger charge is -2.10. The average Bonchev–Trinajstić information content (AvgIpc) is 3.04. The first kappa shape index (κ1) is 18.1. The third kappa shape index (κ3) is 3.63. The van der Waals surface area contributed by atoms with Crippen molar-refractivity contribution in [3.8, 4) is 11.6 Å². The predicted molar refractivity (Wildman–Crippen MR) is 91.1 cm³/mol. The molecule has 3 aromatic rings. The molecule has 1 N–H and O–H groups in total. The van der Waals surface area contributed by atoms with E-state index in [-0.39, 0.29) is 29.2 Å². The number of imidazole rings is 1. The molecular weight excluding hydrogens is 389 g/mol. The van der Waals surface area contributed by atoms with Gasteiger partial charge in [-0.25, -0.2) is 19.1 Å². The standard InChI is InChI=1S/C14H13ClFN5O4S/c1-24-13-10(25-5-3-16)7-18-14(19-13)20-26(22,23)12-8-17-11-6-9(15)2-4-21(11)12/h2,4,6-8H,3,5H2,1H3,(H,18,19,20). The Morgan fingerprint density at radius 2 is 2.15 bits per heavy atom. The van der Waals surface area contributed by atoms with Crippen molar-refractivity contribution in [3.05, 3.63) is 35.7 Å². The summed E-state index contributed by atoms with van der Waals surface area (Å²) in [4.78, 5) is 11.8. The molecule has 12 heteroatoms. The molecule has 0 saturated heterocycles. The molecule has 0 atom stereocenters. The fourth-order valence-corrected chi connectivity index (χ4v) is 3.30. The fourth-order valence-electron chi connectivity index (χ4n) is 2.10. The van der Waals surface area contributed by atoms with Crippen LogP contribution in [0.5, 0.6) is 11.6 Å². The zero-order valence-corrected chi connectivity index (χ0v) is 15.0. The van der Waals surface area contributed by atoms with E-state index in [2.05, 4.69) is 19.7 Å². The second-order valence-corrected chi connectivity index (χ2v) is 6.95. The third-order valence-corrected chi connectivity index (χ3v) is 4.73. The van der Waals surface area contributed by atoms with Gasteiger partial charge in [0, 0.05) is 17.3 Å². The van der Waals surface area contributed by atoms with Crippen LogP contribution in [0.1, 0.15) is 0 Å². The van der Waals surface area contributed by atoms with E-state index in [0.717, 1.165) is 0 Å². The highest BCUT2D eigenvalue weighted by molar-refractivity contribution is 7.92. The summed E-state index contributed by atoms with van der Waals surface area (Å²) >= 11 is 5.87. The fraction of sp³-hybridized carbons (Fsp3) is 0.214. The number of methoxy groups -OCH3 is 1. The number of nitrogens with one attached hydrogen (secondary N) is 1. The second kappa shape index (κ2) is 7.30. The molecule has 0 aromatic carbocycles. The Hall–Kier alpha value is -2.66. The molecule has 3 rings (SSSR count). The number of pyridine rings is 1. The molecule has 0 aliphatic rings. The summed E-state index contributed by atoms with van der Waals surface area (Å²) in [5, 5.41) is 0.307. The van der Waals surface area contributed by atoms with Gasteiger partial charge < -0.3 is 9.47 Å². The maximum absolute atomic E-state index is 12.6. The zero-order valence-electron chi connectivity index (χ0n) is 13.4. The Balaban J connectivity index is 1.91. The minimum atomic E-state index is -4.04. The van der Waals surface area contributed by atoms with Gasteiger partial charge in [-0.3, -0.25) is 4.40 Å². The summed E-state index contributed by atoms with van der Waals surface area (Å²) in [6, 6.07) is 3.06. The average molecular weight is 402 g/mol. The van der Waals surface area contributed by atoms with Crippen LogP contribution < -0.4 is 14.2 Å². The molecule has 0 bridgehead atoms. The van der Waals surface area contributed by atoms with E-state index in [1.54, 1.807) is 0 Å². The summed E-state index contributed by atoms with van der Waals surface area (Å²) < 4.78 is 51.1. The monoisotopic (exact) mass is 401 g/mol. The minimum Gasteiger partial charge on any atom is -0.484 e. The maximum atomic E-state index is 12.6. The van der Waals surface area contributed by atoms with Gasteiger partial charge in [-0.1, -0.05) is 11.6 Å². The van der Waals surface area contributed by atoms with Crippen molar-refractivity contribution >= 4 is 33.2 Å². The van der Waals surface area contributed by atoms with E-state index in [1.165, 1.54) is 42.2 Å². The first-order valence-corrected chi connectivity index (χ1v) is 9.06. The lowest BCUT2D eigenvalue weighted by Crippen LogP contribution is -2.17. The van der Waals surface area contributed by atoms with Gasteiger partial charge in [0.2, 0.25) is 5.95 Å². The van der Waals surface area contributed by atoms with Crippen molar-refractivity contribution in [3.63, 3.8) is 0 Å². The summed E-state index contributed by atoms with van der Waals surface area (Å²) in [7, 11) is -2.72. The highest BCUT2D eigenvalue weighted by Gasteiger charge is 2.22. The SMILES string of the molecule is COc1nc(NS(=O)(=O)c2cnc3cc(Cl)ccn23)ncc1OCCF. The van der Waals surface area contributed by atoms with Gasteiger partial charge in [-0.15, -0.1) is 0 Å². The molecule has 9 nitrogen and oxygen atoms in total. The summed E-state index contributed by atoms with van der Waals surface area (Å²) in [6.07, 6.45) is 3.85.